The summed E-state index contributed by atoms with van der Waals surface area (Å²) in [6, 6.07) is 18.0. The largest absolute Gasteiger partial charge is 0.490 e. The van der Waals surface area contributed by atoms with Crippen LogP contribution in [-0.2, 0) is 15.8 Å². The zero-order valence-corrected chi connectivity index (χ0v) is 23.8. The number of nitrogens with one attached hydrogen (secondary N) is 1. The Kier molecular flexibility index (Phi) is 7.89. The number of hydrogen-bond donors (Lipinski definition) is 2. The zero-order chi connectivity index (χ0) is 28.4. The first-order chi connectivity index (χ1) is 18.2. The van der Waals surface area contributed by atoms with Crippen molar-refractivity contribution in [1.29, 1.82) is 0 Å². The maximum Gasteiger partial charge on any atom is 0.407 e. The number of aliphatic hydroxyl groups is 1. The zero-order valence-electron chi connectivity index (χ0n) is 23.8. The Morgan fingerprint density at radius 3 is 1.97 bits per heavy atom. The van der Waals surface area contributed by atoms with Crippen LogP contribution in [0.2, 0.25) is 0 Å². The van der Waals surface area contributed by atoms with Gasteiger partial charge in [0, 0.05) is 30.5 Å². The molecule has 0 atom stereocenters. The average molecular weight is 534 g/mol. The van der Waals surface area contributed by atoms with Crippen LogP contribution in [0.1, 0.15) is 78.1 Å². The minimum Gasteiger partial charge on any atom is -0.490 e. The van der Waals surface area contributed by atoms with E-state index in [1.54, 1.807) is 26.1 Å². The molecule has 0 spiro atoms. The first-order valence-corrected chi connectivity index (χ1v) is 13.3. The molecule has 0 unspecified atom stereocenters. The molecule has 208 valence electrons. The minimum absolute atomic E-state index is 0.0736. The SMILES string of the molecule is CC(C)(C)OC(=O)NC1CC(Oc2ccc(C(C)(C)c3ccc(Oc4nccc(C(C)(C)O)n4)cc3)cc2)C1. The molecule has 1 saturated carbocycles. The molecule has 8 heteroatoms. The molecule has 2 N–H and O–H groups in total. The van der Waals surface area contributed by atoms with Crippen LogP contribution in [0, 0.1) is 0 Å². The van der Waals surface area contributed by atoms with Gasteiger partial charge in [-0.15, -0.1) is 0 Å². The van der Waals surface area contributed by atoms with Crippen LogP contribution < -0.4 is 14.8 Å². The molecule has 39 heavy (non-hydrogen) atoms. The summed E-state index contributed by atoms with van der Waals surface area (Å²) in [5.41, 5.74) is 0.955. The van der Waals surface area contributed by atoms with E-state index in [2.05, 4.69) is 41.3 Å². The van der Waals surface area contributed by atoms with Crippen molar-refractivity contribution in [2.75, 3.05) is 0 Å². The van der Waals surface area contributed by atoms with Crippen LogP contribution in [-0.4, -0.2) is 38.9 Å². The fourth-order valence-electron chi connectivity index (χ4n) is 4.34. The number of amides is 1. The summed E-state index contributed by atoms with van der Waals surface area (Å²) in [6.45, 7) is 13.2. The summed E-state index contributed by atoms with van der Waals surface area (Å²) in [7, 11) is 0. The number of rotatable bonds is 8. The lowest BCUT2D eigenvalue weighted by atomic mass is 9.78. The quantitative estimate of drug-likeness (QED) is 0.352. The number of benzene rings is 2. The van der Waals surface area contributed by atoms with Gasteiger partial charge in [0.15, 0.2) is 0 Å². The van der Waals surface area contributed by atoms with E-state index in [1.807, 2.05) is 57.2 Å². The maximum absolute atomic E-state index is 11.9. The second-order valence-corrected chi connectivity index (χ2v) is 12.1. The molecule has 1 aliphatic rings. The second kappa shape index (κ2) is 10.8. The van der Waals surface area contributed by atoms with E-state index < -0.39 is 11.2 Å². The summed E-state index contributed by atoms with van der Waals surface area (Å²) in [6.07, 6.45) is 2.78. The molecule has 0 radical (unpaired) electrons. The van der Waals surface area contributed by atoms with Gasteiger partial charge in [0.25, 0.3) is 0 Å². The third-order valence-electron chi connectivity index (χ3n) is 6.74. The van der Waals surface area contributed by atoms with Gasteiger partial charge >= 0.3 is 12.1 Å². The van der Waals surface area contributed by atoms with E-state index in [1.165, 1.54) is 0 Å². The molecule has 1 heterocycles. The number of hydrogen-bond acceptors (Lipinski definition) is 7. The Bertz CT molecular complexity index is 1270. The summed E-state index contributed by atoms with van der Waals surface area (Å²) in [4.78, 5) is 20.4. The van der Waals surface area contributed by atoms with Crippen molar-refractivity contribution in [2.24, 2.45) is 0 Å². The number of alkyl carbamates (subject to hydrolysis) is 1. The molecule has 3 aromatic rings. The van der Waals surface area contributed by atoms with Crippen LogP contribution >= 0.6 is 0 Å². The fourth-order valence-corrected chi connectivity index (χ4v) is 4.34. The second-order valence-electron chi connectivity index (χ2n) is 12.1. The van der Waals surface area contributed by atoms with Crippen molar-refractivity contribution in [3.8, 4) is 17.5 Å². The summed E-state index contributed by atoms with van der Waals surface area (Å²) < 4.78 is 17.2. The van der Waals surface area contributed by atoms with Crippen molar-refractivity contribution in [3.63, 3.8) is 0 Å². The van der Waals surface area contributed by atoms with Crippen molar-refractivity contribution >= 4 is 6.09 Å². The summed E-state index contributed by atoms with van der Waals surface area (Å²) >= 11 is 0. The first-order valence-electron chi connectivity index (χ1n) is 13.3. The van der Waals surface area contributed by atoms with Crippen LogP contribution in [0.5, 0.6) is 17.5 Å². The molecule has 1 aromatic heterocycles. The molecular formula is C31H39N3O5. The molecule has 1 amide bonds. The third kappa shape index (κ3) is 7.47. The smallest absolute Gasteiger partial charge is 0.407 e. The van der Waals surface area contributed by atoms with Gasteiger partial charge in [-0.1, -0.05) is 38.1 Å². The number of carbonyl (C=O) groups is 1. The van der Waals surface area contributed by atoms with Gasteiger partial charge in [-0.2, -0.15) is 4.98 Å². The highest BCUT2D eigenvalue weighted by Gasteiger charge is 2.33. The topological polar surface area (TPSA) is 103 Å². The number of ether oxygens (including phenoxy) is 3. The highest BCUT2D eigenvalue weighted by molar-refractivity contribution is 5.68. The van der Waals surface area contributed by atoms with Crippen LogP contribution in [0.15, 0.2) is 60.8 Å². The molecular weight excluding hydrogens is 494 g/mol. The Morgan fingerprint density at radius 1 is 0.872 bits per heavy atom. The van der Waals surface area contributed by atoms with E-state index in [0.717, 1.165) is 29.7 Å². The van der Waals surface area contributed by atoms with Gasteiger partial charge in [-0.3, -0.25) is 0 Å². The molecule has 1 aliphatic carbocycles. The Balaban J connectivity index is 1.32. The monoisotopic (exact) mass is 533 g/mol. The summed E-state index contributed by atoms with van der Waals surface area (Å²) in [5, 5.41) is 13.1. The third-order valence-corrected chi connectivity index (χ3v) is 6.74. The lowest BCUT2D eigenvalue weighted by molar-refractivity contribution is 0.0362. The molecule has 0 saturated heterocycles. The van der Waals surface area contributed by atoms with Crippen molar-refractivity contribution in [2.45, 2.75) is 90.1 Å². The van der Waals surface area contributed by atoms with Gasteiger partial charge in [0.05, 0.1) is 5.69 Å². The number of nitrogens with zero attached hydrogens (tertiary/aromatic N) is 2. The first kappa shape index (κ1) is 28.4. The average Bonchev–Trinajstić information content (AvgIpc) is 2.82. The van der Waals surface area contributed by atoms with Gasteiger partial charge in [0.2, 0.25) is 0 Å². The molecule has 0 bridgehead atoms. The van der Waals surface area contributed by atoms with E-state index in [0.29, 0.717) is 11.4 Å². The lowest BCUT2D eigenvalue weighted by Gasteiger charge is -2.36. The van der Waals surface area contributed by atoms with E-state index in [4.69, 9.17) is 14.2 Å². The van der Waals surface area contributed by atoms with Gasteiger partial charge in [0.1, 0.15) is 28.8 Å². The van der Waals surface area contributed by atoms with Crippen LogP contribution in [0.3, 0.4) is 0 Å². The van der Waals surface area contributed by atoms with Crippen molar-refractivity contribution < 1.29 is 24.1 Å². The summed E-state index contributed by atoms with van der Waals surface area (Å²) in [5.74, 6) is 1.43. The molecule has 8 nitrogen and oxygen atoms in total. The highest BCUT2D eigenvalue weighted by Crippen LogP contribution is 2.35. The standard InChI is InChI=1S/C31H39N3O5/c1-29(2,3)39-28(35)33-22-18-25(19-22)37-23-12-8-20(9-13-23)30(4,5)21-10-14-24(15-11-21)38-27-32-17-16-26(34-27)31(6,7)36/h8-17,22,25,36H,18-19H2,1-7H3,(H,33,35). The van der Waals surface area contributed by atoms with Gasteiger partial charge in [-0.05, 0) is 76.1 Å². The Hall–Kier alpha value is -3.65. The molecule has 2 aromatic carbocycles. The predicted octanol–water partition coefficient (Wildman–Crippen LogP) is 6.26. The van der Waals surface area contributed by atoms with E-state index in [-0.39, 0.29) is 29.7 Å². The van der Waals surface area contributed by atoms with Gasteiger partial charge in [-0.25, -0.2) is 9.78 Å². The number of carbonyl (C=O) groups excluding carboxylic acids is 1. The predicted molar refractivity (Wildman–Crippen MR) is 149 cm³/mol. The Labute approximate surface area is 230 Å². The molecule has 0 aliphatic heterocycles. The molecule has 4 rings (SSSR count). The lowest BCUT2D eigenvalue weighted by Crippen LogP contribution is -2.50. The van der Waals surface area contributed by atoms with E-state index in [9.17, 15) is 9.90 Å². The van der Waals surface area contributed by atoms with Crippen LogP contribution in [0.4, 0.5) is 4.79 Å². The van der Waals surface area contributed by atoms with E-state index >= 15 is 0 Å². The fraction of sp³-hybridized carbons (Fsp3) is 0.452. The number of aromatic nitrogens is 2. The normalized spacial score (nSPS) is 17.6. The maximum atomic E-state index is 11.9. The minimum atomic E-state index is -1.07. The van der Waals surface area contributed by atoms with Crippen molar-refractivity contribution in [3.05, 3.63) is 77.6 Å². The van der Waals surface area contributed by atoms with Crippen molar-refractivity contribution in [1.82, 2.24) is 15.3 Å². The highest BCUT2D eigenvalue weighted by atomic mass is 16.6. The molecule has 1 fully saturated rings. The Morgan fingerprint density at radius 2 is 1.44 bits per heavy atom. The van der Waals surface area contributed by atoms with Crippen LogP contribution in [0.25, 0.3) is 0 Å². The van der Waals surface area contributed by atoms with Gasteiger partial charge < -0.3 is 24.6 Å².